The van der Waals surface area contributed by atoms with E-state index in [1.807, 2.05) is 24.3 Å². The molecule has 338 valence electrons. The molecule has 1 saturated carbocycles. The third-order valence-corrected chi connectivity index (χ3v) is 14.8. The first kappa shape index (κ1) is 45.9. The van der Waals surface area contributed by atoms with Gasteiger partial charge in [-0.15, -0.1) is 0 Å². The van der Waals surface area contributed by atoms with Crippen molar-refractivity contribution in [2.75, 3.05) is 27.0 Å². The van der Waals surface area contributed by atoms with Crippen molar-refractivity contribution in [3.8, 4) is 11.5 Å². The molecular formula is C53H70N4O6. The zero-order chi connectivity index (χ0) is 45.7. The molecule has 0 aromatic heterocycles. The van der Waals surface area contributed by atoms with Crippen LogP contribution in [0.3, 0.4) is 0 Å². The number of nitrogens with one attached hydrogen (secondary N) is 2. The van der Waals surface area contributed by atoms with Crippen LogP contribution in [0.1, 0.15) is 163 Å². The number of unbranched alkanes of at least 4 members (excludes halogenated alkanes) is 4. The van der Waals surface area contributed by atoms with Crippen LogP contribution in [0.15, 0.2) is 72.8 Å². The highest BCUT2D eigenvalue weighted by Crippen LogP contribution is 2.57. The average molecular weight is 859 g/mol. The van der Waals surface area contributed by atoms with E-state index in [-0.39, 0.29) is 52.6 Å². The summed E-state index contributed by atoms with van der Waals surface area (Å²) in [4.78, 5) is 32.7. The monoisotopic (exact) mass is 859 g/mol. The number of aromatic hydroxyl groups is 1. The predicted molar refractivity (Wildman–Crippen MR) is 255 cm³/mol. The number of phenolic OH excluding ortho intramolecular Hbond substituents is 1. The molecule has 10 nitrogen and oxygen atoms in total. The zero-order valence-corrected chi connectivity index (χ0v) is 39.3. The number of rotatable bonds is 15. The molecule has 2 heterocycles. The Hall–Kier alpha value is -5.06. The minimum atomic E-state index is -1.05. The Balaban J connectivity index is 1.25. The van der Waals surface area contributed by atoms with Crippen LogP contribution in [-0.4, -0.2) is 70.1 Å². The first-order valence-electron chi connectivity index (χ1n) is 23.2. The number of hydrogen-bond acceptors (Lipinski definition) is 8. The number of anilines is 4. The van der Waals surface area contributed by atoms with E-state index >= 15 is 0 Å². The molecule has 4 unspecified atom stereocenters. The molecule has 4 aromatic carbocycles. The Morgan fingerprint density at radius 2 is 1.06 bits per heavy atom. The molecule has 7 rings (SSSR count). The Morgan fingerprint density at radius 3 is 1.48 bits per heavy atom. The van der Waals surface area contributed by atoms with Crippen molar-refractivity contribution in [3.63, 3.8) is 0 Å². The van der Waals surface area contributed by atoms with Crippen LogP contribution in [0.5, 0.6) is 11.5 Å². The topological polar surface area (TPSA) is 135 Å². The summed E-state index contributed by atoms with van der Waals surface area (Å²) in [6.45, 7) is 24.8. The summed E-state index contributed by atoms with van der Waals surface area (Å²) in [5.41, 5.74) is 6.88. The van der Waals surface area contributed by atoms with E-state index in [0.29, 0.717) is 40.2 Å². The van der Waals surface area contributed by atoms with Crippen molar-refractivity contribution in [2.24, 2.45) is 0 Å². The van der Waals surface area contributed by atoms with E-state index in [1.165, 1.54) is 31.4 Å². The predicted octanol–water partition coefficient (Wildman–Crippen LogP) is 10.6. The minimum absolute atomic E-state index is 0.0588. The highest BCUT2D eigenvalue weighted by Gasteiger charge is 2.54. The van der Waals surface area contributed by atoms with Gasteiger partial charge in [0.15, 0.2) is 0 Å². The lowest BCUT2D eigenvalue weighted by molar-refractivity contribution is -0.0781. The van der Waals surface area contributed by atoms with Crippen molar-refractivity contribution in [1.29, 1.82) is 0 Å². The van der Waals surface area contributed by atoms with Gasteiger partial charge < -0.3 is 40.5 Å². The maximum atomic E-state index is 14.1. The highest BCUT2D eigenvalue weighted by molar-refractivity contribution is 6.06. The first-order chi connectivity index (χ1) is 29.8. The van der Waals surface area contributed by atoms with Gasteiger partial charge in [-0.3, -0.25) is 9.59 Å². The summed E-state index contributed by atoms with van der Waals surface area (Å²) in [5, 5.41) is 41.2. The SMILES string of the molecule is CCCCCCCOc1ccc(C(=O)Nc2cc3c(cc2C2C(O)C(c4cc5c(cc4NC(=O)c4ccc(O)cc4)N(C(C)C)C(C)C5(C)C)C2O)C(C)(C)C(C)N3C(C)C)cc1. The second-order valence-corrected chi connectivity index (χ2v) is 20.0. The van der Waals surface area contributed by atoms with Crippen LogP contribution in [0.25, 0.3) is 0 Å². The van der Waals surface area contributed by atoms with Crippen LogP contribution in [0.2, 0.25) is 0 Å². The first-order valence-corrected chi connectivity index (χ1v) is 23.2. The van der Waals surface area contributed by atoms with Gasteiger partial charge in [-0.25, -0.2) is 0 Å². The van der Waals surface area contributed by atoms with Gasteiger partial charge in [-0.1, -0.05) is 72.4 Å². The van der Waals surface area contributed by atoms with Crippen molar-refractivity contribution in [1.82, 2.24) is 0 Å². The Kier molecular flexibility index (Phi) is 13.0. The molecule has 1 aliphatic carbocycles. The highest BCUT2D eigenvalue weighted by atomic mass is 16.5. The number of benzene rings is 4. The lowest BCUT2D eigenvalue weighted by Crippen LogP contribution is -2.52. The number of amides is 2. The van der Waals surface area contributed by atoms with Crippen molar-refractivity contribution in [2.45, 2.75) is 167 Å². The number of ether oxygens (including phenoxy) is 1. The number of hydrogen-bond donors (Lipinski definition) is 5. The number of nitrogens with zero attached hydrogens (tertiary/aromatic N) is 2. The molecule has 3 aliphatic rings. The van der Waals surface area contributed by atoms with Crippen LogP contribution in [0.4, 0.5) is 22.7 Å². The normalized spacial score (nSPS) is 23.1. The lowest BCUT2D eigenvalue weighted by Gasteiger charge is -2.48. The van der Waals surface area contributed by atoms with E-state index in [2.05, 4.69) is 109 Å². The fraction of sp³-hybridized carbons (Fsp3) is 0.509. The van der Waals surface area contributed by atoms with Crippen LogP contribution in [-0.2, 0) is 10.8 Å². The standard InChI is InChI=1S/C53H70N4O6/c1-12-13-14-15-16-25-63-37-23-19-35(20-24-37)51(62)55-43-29-45-41(53(10,11)33(7)57(45)31(4)5)27-39(43)47-48(59)46(49(47)60)38-26-40-44(56(30(2)3)32(6)52(40,8)9)28-42(38)54-50(61)34-17-21-36(58)22-18-34/h17-24,26-33,46-49,58-60H,12-16,25H2,1-11H3,(H,54,61)(H,55,62). The molecular weight excluding hydrogens is 789 g/mol. The number of phenols is 1. The fourth-order valence-electron chi connectivity index (χ4n) is 10.5. The van der Waals surface area contributed by atoms with Gasteiger partial charge in [0, 0.05) is 80.7 Å². The third kappa shape index (κ3) is 8.41. The van der Waals surface area contributed by atoms with E-state index in [4.69, 9.17) is 4.74 Å². The molecule has 5 N–H and O–H groups in total. The number of fused-ring (bicyclic) bond motifs is 2. The summed E-state index contributed by atoms with van der Waals surface area (Å²) in [6, 6.07) is 22.1. The van der Waals surface area contributed by atoms with Gasteiger partial charge in [-0.2, -0.15) is 0 Å². The number of carbonyl (C=O) groups excluding carboxylic acids is 2. The van der Waals surface area contributed by atoms with Crippen LogP contribution < -0.4 is 25.2 Å². The van der Waals surface area contributed by atoms with Gasteiger partial charge in [0.25, 0.3) is 11.8 Å². The van der Waals surface area contributed by atoms with Gasteiger partial charge in [0.1, 0.15) is 11.5 Å². The summed E-state index contributed by atoms with van der Waals surface area (Å²) in [5.74, 6) is -1.37. The zero-order valence-electron chi connectivity index (χ0n) is 39.3. The van der Waals surface area contributed by atoms with Gasteiger partial charge >= 0.3 is 0 Å². The lowest BCUT2D eigenvalue weighted by atomic mass is 9.61. The molecule has 2 amide bonds. The van der Waals surface area contributed by atoms with Crippen molar-refractivity contribution >= 4 is 34.6 Å². The molecule has 0 spiro atoms. The molecule has 0 saturated heterocycles. The van der Waals surface area contributed by atoms with E-state index in [1.54, 1.807) is 24.3 Å². The Bertz CT molecular complexity index is 2290. The minimum Gasteiger partial charge on any atom is -0.508 e. The largest absolute Gasteiger partial charge is 0.508 e. The number of aliphatic hydroxyl groups is 2. The summed E-state index contributed by atoms with van der Waals surface area (Å²) < 4.78 is 5.98. The molecule has 1 fully saturated rings. The van der Waals surface area contributed by atoms with Crippen LogP contribution >= 0.6 is 0 Å². The fourth-order valence-corrected chi connectivity index (χ4v) is 10.5. The van der Waals surface area contributed by atoms with Gasteiger partial charge in [0.05, 0.1) is 18.8 Å². The molecule has 63 heavy (non-hydrogen) atoms. The van der Waals surface area contributed by atoms with E-state index in [9.17, 15) is 24.9 Å². The molecule has 2 aliphatic heterocycles. The van der Waals surface area contributed by atoms with Gasteiger partial charge in [-0.05, 0) is 131 Å². The smallest absolute Gasteiger partial charge is 0.255 e. The number of carbonyl (C=O) groups is 2. The molecule has 4 aromatic rings. The molecule has 10 heteroatoms. The summed E-state index contributed by atoms with van der Waals surface area (Å²) in [7, 11) is 0. The second-order valence-electron chi connectivity index (χ2n) is 20.0. The van der Waals surface area contributed by atoms with Crippen LogP contribution in [0, 0.1) is 0 Å². The quantitative estimate of drug-likeness (QED) is 0.0746. The Labute approximate surface area is 375 Å². The number of aliphatic hydroxyl groups excluding tert-OH is 2. The second kappa shape index (κ2) is 17.8. The maximum absolute atomic E-state index is 14.1. The van der Waals surface area contributed by atoms with Crippen molar-refractivity contribution in [3.05, 3.63) is 106 Å². The molecule has 0 radical (unpaired) electrons. The summed E-state index contributed by atoms with van der Waals surface area (Å²) in [6.07, 6.45) is 3.64. The Morgan fingerprint density at radius 1 is 0.651 bits per heavy atom. The molecule has 0 bridgehead atoms. The third-order valence-electron chi connectivity index (χ3n) is 14.8. The summed E-state index contributed by atoms with van der Waals surface area (Å²) >= 11 is 0. The molecule has 4 atom stereocenters. The van der Waals surface area contributed by atoms with E-state index < -0.39 is 24.0 Å². The van der Waals surface area contributed by atoms with E-state index in [0.717, 1.165) is 41.1 Å². The van der Waals surface area contributed by atoms with Crippen molar-refractivity contribution < 1.29 is 29.6 Å². The van der Waals surface area contributed by atoms with Gasteiger partial charge in [0.2, 0.25) is 0 Å². The maximum Gasteiger partial charge on any atom is 0.255 e. The average Bonchev–Trinajstić information content (AvgIpc) is 3.55.